The maximum atomic E-state index is 13.5. The number of fused-ring (bicyclic) bond motifs is 3. The van der Waals surface area contributed by atoms with Crippen LogP contribution in [0.15, 0.2) is 84.3 Å². The van der Waals surface area contributed by atoms with Gasteiger partial charge in [-0.05, 0) is 53.8 Å². The number of hydrogen-bond donors (Lipinski definition) is 1. The Morgan fingerprint density at radius 3 is 2.61 bits per heavy atom. The SMILES string of the molecule is O=C1CC(c2ccc(F)cc2)CC2=C1C(c1cccnc1)n1c(nc3ccccc31)N2. The highest BCUT2D eigenvalue weighted by Gasteiger charge is 2.39. The van der Waals surface area contributed by atoms with E-state index in [4.69, 9.17) is 4.98 Å². The average Bonchev–Trinajstić information content (AvgIpc) is 3.16. The van der Waals surface area contributed by atoms with Crippen molar-refractivity contribution in [2.45, 2.75) is 24.8 Å². The van der Waals surface area contributed by atoms with Gasteiger partial charge in [-0.1, -0.05) is 30.3 Å². The van der Waals surface area contributed by atoms with E-state index >= 15 is 0 Å². The van der Waals surface area contributed by atoms with E-state index in [1.165, 1.54) is 12.1 Å². The van der Waals surface area contributed by atoms with Crippen LogP contribution in [-0.2, 0) is 4.79 Å². The maximum Gasteiger partial charge on any atom is 0.209 e. The summed E-state index contributed by atoms with van der Waals surface area (Å²) in [4.78, 5) is 22.6. The molecule has 0 radical (unpaired) electrons. The fourth-order valence-corrected chi connectivity index (χ4v) is 4.85. The number of ketones is 1. The van der Waals surface area contributed by atoms with Gasteiger partial charge in [0.25, 0.3) is 0 Å². The second kappa shape index (κ2) is 6.87. The first-order chi connectivity index (χ1) is 15.2. The van der Waals surface area contributed by atoms with E-state index in [1.54, 1.807) is 18.3 Å². The number of carbonyl (C=O) groups excluding carboxylic acids is 1. The number of para-hydroxylation sites is 2. The van der Waals surface area contributed by atoms with Gasteiger partial charge in [-0.15, -0.1) is 0 Å². The number of aromatic nitrogens is 3. The zero-order chi connectivity index (χ0) is 20.9. The minimum absolute atomic E-state index is 0.00447. The highest BCUT2D eigenvalue weighted by Crippen LogP contribution is 2.45. The van der Waals surface area contributed by atoms with E-state index in [-0.39, 0.29) is 23.6 Å². The molecule has 1 aliphatic heterocycles. The largest absolute Gasteiger partial charge is 0.329 e. The highest BCUT2D eigenvalue weighted by atomic mass is 19.1. The smallest absolute Gasteiger partial charge is 0.209 e. The predicted molar refractivity (Wildman–Crippen MR) is 116 cm³/mol. The fourth-order valence-electron chi connectivity index (χ4n) is 4.85. The van der Waals surface area contributed by atoms with E-state index in [9.17, 15) is 9.18 Å². The molecule has 1 aliphatic carbocycles. The number of pyridine rings is 1. The Morgan fingerprint density at radius 2 is 1.81 bits per heavy atom. The number of carbonyl (C=O) groups is 1. The van der Waals surface area contributed by atoms with Gasteiger partial charge in [0.2, 0.25) is 5.95 Å². The zero-order valence-electron chi connectivity index (χ0n) is 16.6. The standard InChI is InChI=1S/C25H19FN4O/c26-18-9-7-15(8-10-18)17-12-20-23(22(31)13-17)24(16-4-3-11-27-14-16)30-21-6-2-1-5-19(21)28-25(30)29-20/h1-11,14,17,24H,12-13H2,(H,28,29). The monoisotopic (exact) mass is 410 g/mol. The molecule has 2 aliphatic rings. The summed E-state index contributed by atoms with van der Waals surface area (Å²) in [6, 6.07) is 18.0. The molecule has 0 fully saturated rings. The molecular weight excluding hydrogens is 391 g/mol. The molecule has 3 heterocycles. The molecule has 1 N–H and O–H groups in total. The number of anilines is 1. The van der Waals surface area contributed by atoms with Gasteiger partial charge in [0.05, 0.1) is 17.1 Å². The molecule has 31 heavy (non-hydrogen) atoms. The van der Waals surface area contributed by atoms with E-state index in [2.05, 4.69) is 14.9 Å². The molecule has 0 saturated carbocycles. The maximum absolute atomic E-state index is 13.5. The number of halogens is 1. The fraction of sp³-hybridized carbons (Fsp3) is 0.160. The van der Waals surface area contributed by atoms with Crippen LogP contribution in [0.2, 0.25) is 0 Å². The van der Waals surface area contributed by atoms with Crippen molar-refractivity contribution in [3.63, 3.8) is 0 Å². The number of Topliss-reactive ketones (excluding diaryl/α,β-unsaturated/α-hetero) is 1. The normalized spacial score (nSPS) is 20.4. The van der Waals surface area contributed by atoms with Crippen molar-refractivity contribution < 1.29 is 9.18 Å². The zero-order valence-corrected chi connectivity index (χ0v) is 16.6. The Labute approximate surface area is 178 Å². The molecule has 5 nitrogen and oxygen atoms in total. The van der Waals surface area contributed by atoms with Gasteiger partial charge in [-0.3, -0.25) is 14.3 Å². The molecule has 2 unspecified atom stereocenters. The molecule has 2 aromatic heterocycles. The Morgan fingerprint density at radius 1 is 0.968 bits per heavy atom. The van der Waals surface area contributed by atoms with Crippen molar-refractivity contribution >= 4 is 22.8 Å². The summed E-state index contributed by atoms with van der Waals surface area (Å²) in [7, 11) is 0. The summed E-state index contributed by atoms with van der Waals surface area (Å²) in [5.41, 5.74) is 5.43. The number of rotatable bonds is 2. The quantitative estimate of drug-likeness (QED) is 0.506. The minimum Gasteiger partial charge on any atom is -0.329 e. The molecule has 6 rings (SSSR count). The lowest BCUT2D eigenvalue weighted by Gasteiger charge is -2.36. The summed E-state index contributed by atoms with van der Waals surface area (Å²) < 4.78 is 15.5. The molecule has 0 spiro atoms. The van der Waals surface area contributed by atoms with Crippen molar-refractivity contribution in [3.05, 3.63) is 101 Å². The molecule has 0 saturated heterocycles. The second-order valence-corrected chi connectivity index (χ2v) is 8.08. The third kappa shape index (κ3) is 2.86. The number of imidazole rings is 1. The number of benzene rings is 2. The van der Waals surface area contributed by atoms with Gasteiger partial charge in [-0.2, -0.15) is 0 Å². The summed E-state index contributed by atoms with van der Waals surface area (Å²) in [5, 5.41) is 3.45. The summed E-state index contributed by atoms with van der Waals surface area (Å²) in [6.45, 7) is 0. The number of nitrogens with one attached hydrogen (secondary N) is 1. The van der Waals surface area contributed by atoms with Crippen LogP contribution in [0.5, 0.6) is 0 Å². The number of hydrogen-bond acceptors (Lipinski definition) is 4. The summed E-state index contributed by atoms with van der Waals surface area (Å²) in [5.74, 6) is 0.554. The lowest BCUT2D eigenvalue weighted by Crippen LogP contribution is -2.33. The van der Waals surface area contributed by atoms with Gasteiger partial charge < -0.3 is 5.32 Å². The van der Waals surface area contributed by atoms with E-state index in [0.29, 0.717) is 12.8 Å². The van der Waals surface area contributed by atoms with Gasteiger partial charge in [0, 0.05) is 30.1 Å². The summed E-state index contributed by atoms with van der Waals surface area (Å²) >= 11 is 0. The van der Waals surface area contributed by atoms with Crippen LogP contribution in [0.4, 0.5) is 10.3 Å². The first kappa shape index (κ1) is 18.0. The number of nitrogens with zero attached hydrogens (tertiary/aromatic N) is 3. The Balaban J connectivity index is 1.51. The first-order valence-corrected chi connectivity index (χ1v) is 10.3. The van der Waals surface area contributed by atoms with Crippen molar-refractivity contribution in [2.24, 2.45) is 0 Å². The van der Waals surface area contributed by atoms with Crippen molar-refractivity contribution in [3.8, 4) is 0 Å². The predicted octanol–water partition coefficient (Wildman–Crippen LogP) is 4.99. The van der Waals surface area contributed by atoms with Gasteiger partial charge >= 0.3 is 0 Å². The van der Waals surface area contributed by atoms with Crippen molar-refractivity contribution in [1.82, 2.24) is 14.5 Å². The van der Waals surface area contributed by atoms with Gasteiger partial charge in [0.1, 0.15) is 5.82 Å². The van der Waals surface area contributed by atoms with Crippen LogP contribution in [0.25, 0.3) is 11.0 Å². The highest BCUT2D eigenvalue weighted by molar-refractivity contribution is 6.01. The molecule has 4 aromatic rings. The van der Waals surface area contributed by atoms with E-state index in [0.717, 1.165) is 39.4 Å². The van der Waals surface area contributed by atoms with Crippen LogP contribution >= 0.6 is 0 Å². The summed E-state index contributed by atoms with van der Waals surface area (Å²) in [6.07, 6.45) is 4.62. The second-order valence-electron chi connectivity index (χ2n) is 8.08. The number of allylic oxidation sites excluding steroid dienone is 2. The molecule has 0 bridgehead atoms. The molecule has 2 atom stereocenters. The minimum atomic E-state index is -0.283. The molecular formula is C25H19FN4O. The van der Waals surface area contributed by atoms with Crippen LogP contribution in [0, 0.1) is 5.82 Å². The topological polar surface area (TPSA) is 59.8 Å². The van der Waals surface area contributed by atoms with Crippen LogP contribution in [0.3, 0.4) is 0 Å². The van der Waals surface area contributed by atoms with Crippen LogP contribution in [0.1, 0.15) is 35.9 Å². The Bertz CT molecular complexity index is 1340. The Kier molecular flexibility index (Phi) is 3.99. The van der Waals surface area contributed by atoms with E-state index in [1.807, 2.05) is 42.6 Å². The van der Waals surface area contributed by atoms with E-state index < -0.39 is 0 Å². The Hall–Kier alpha value is -3.80. The third-order valence-corrected chi connectivity index (χ3v) is 6.24. The molecule has 2 aromatic carbocycles. The third-order valence-electron chi connectivity index (χ3n) is 6.24. The molecule has 152 valence electrons. The van der Waals surface area contributed by atoms with Crippen molar-refractivity contribution in [1.29, 1.82) is 0 Å². The average molecular weight is 410 g/mol. The lowest BCUT2D eigenvalue weighted by molar-refractivity contribution is -0.116. The van der Waals surface area contributed by atoms with Crippen LogP contribution < -0.4 is 5.32 Å². The van der Waals surface area contributed by atoms with Gasteiger partial charge in [0.15, 0.2) is 5.78 Å². The first-order valence-electron chi connectivity index (χ1n) is 10.3. The molecule has 0 amide bonds. The lowest BCUT2D eigenvalue weighted by atomic mass is 9.78. The molecule has 6 heteroatoms. The van der Waals surface area contributed by atoms with Gasteiger partial charge in [-0.25, -0.2) is 9.37 Å². The van der Waals surface area contributed by atoms with Crippen molar-refractivity contribution in [2.75, 3.05) is 5.32 Å². The van der Waals surface area contributed by atoms with Crippen LogP contribution in [-0.4, -0.2) is 20.3 Å².